The maximum atomic E-state index is 11.4. The lowest BCUT2D eigenvalue weighted by Gasteiger charge is -2.18. The van der Waals surface area contributed by atoms with Gasteiger partial charge in [-0.05, 0) is 6.92 Å². The second kappa shape index (κ2) is 4.97. The largest absolute Gasteiger partial charge is 0.447 e. The molecule has 0 aromatic carbocycles. The number of nitrogens with zero attached hydrogens (tertiary/aromatic N) is 1. The molecule has 19 heavy (non-hydrogen) atoms. The maximum Gasteiger partial charge on any atom is 0.447 e. The standard InChI is InChI=1S/C7H9NO9S2/c1-3-4(2-18(11,12)13)7(17-19(14,15)16)8-6(10)5(3)9/h6,10H,2H2,1H3,(H,11,12,13)(H,14,15,16). The smallest absolute Gasteiger partial charge is 0.365 e. The second-order valence-corrected chi connectivity index (χ2v) is 5.99. The Bertz CT molecular complexity index is 669. The van der Waals surface area contributed by atoms with Crippen molar-refractivity contribution in [2.75, 3.05) is 5.75 Å². The van der Waals surface area contributed by atoms with E-state index in [9.17, 15) is 26.7 Å². The molecule has 0 fully saturated rings. The molecule has 0 amide bonds. The highest BCUT2D eigenvalue weighted by molar-refractivity contribution is 7.86. The van der Waals surface area contributed by atoms with Crippen LogP contribution in [-0.2, 0) is 29.5 Å². The van der Waals surface area contributed by atoms with Gasteiger partial charge in [0.15, 0.2) is 0 Å². The highest BCUT2D eigenvalue weighted by Crippen LogP contribution is 2.20. The van der Waals surface area contributed by atoms with Crippen molar-refractivity contribution in [2.45, 2.75) is 13.2 Å². The minimum absolute atomic E-state index is 0.362. The van der Waals surface area contributed by atoms with Gasteiger partial charge in [-0.1, -0.05) is 0 Å². The first-order valence-electron chi connectivity index (χ1n) is 4.53. The molecule has 0 spiro atoms. The molecule has 1 aliphatic heterocycles. The minimum atomic E-state index is -5.04. The van der Waals surface area contributed by atoms with Crippen LogP contribution in [0.1, 0.15) is 6.92 Å². The first-order chi connectivity index (χ1) is 8.41. The molecule has 1 rings (SSSR count). The van der Waals surface area contributed by atoms with E-state index in [-0.39, 0.29) is 5.57 Å². The van der Waals surface area contributed by atoms with Crippen molar-refractivity contribution in [3.63, 3.8) is 0 Å². The lowest BCUT2D eigenvalue weighted by atomic mass is 10.0. The Kier molecular flexibility index (Phi) is 4.11. The molecule has 1 heterocycles. The fraction of sp³-hybridized carbons (Fsp3) is 0.429. The summed E-state index contributed by atoms with van der Waals surface area (Å²) in [5.41, 5.74) is -0.936. The maximum absolute atomic E-state index is 11.4. The number of ketones is 1. The highest BCUT2D eigenvalue weighted by Gasteiger charge is 2.33. The fourth-order valence-corrected chi connectivity index (χ4v) is 2.32. The Balaban J connectivity index is 3.32. The van der Waals surface area contributed by atoms with Crippen LogP contribution in [0.25, 0.3) is 0 Å². The predicted octanol–water partition coefficient (Wildman–Crippen LogP) is -1.69. The van der Waals surface area contributed by atoms with Crippen LogP contribution in [0.2, 0.25) is 0 Å². The molecule has 0 saturated heterocycles. The first kappa shape index (κ1) is 15.7. The van der Waals surface area contributed by atoms with Gasteiger partial charge in [-0.25, -0.2) is 4.99 Å². The van der Waals surface area contributed by atoms with Crippen molar-refractivity contribution in [1.29, 1.82) is 0 Å². The summed E-state index contributed by atoms with van der Waals surface area (Å²) in [6.45, 7) is 1.08. The van der Waals surface area contributed by atoms with Gasteiger partial charge in [-0.3, -0.25) is 13.9 Å². The average Bonchev–Trinajstić information content (AvgIpc) is 2.17. The normalized spacial score (nSPS) is 21.4. The van der Waals surface area contributed by atoms with Crippen LogP contribution in [0.5, 0.6) is 0 Å². The van der Waals surface area contributed by atoms with Crippen LogP contribution in [0, 0.1) is 0 Å². The van der Waals surface area contributed by atoms with Gasteiger partial charge in [0.2, 0.25) is 17.9 Å². The van der Waals surface area contributed by atoms with E-state index < -0.39 is 49.8 Å². The van der Waals surface area contributed by atoms with E-state index in [0.29, 0.717) is 0 Å². The van der Waals surface area contributed by atoms with Crippen LogP contribution in [0.4, 0.5) is 0 Å². The van der Waals surface area contributed by atoms with E-state index in [1.807, 2.05) is 0 Å². The lowest BCUT2D eigenvalue weighted by Crippen LogP contribution is -2.33. The minimum Gasteiger partial charge on any atom is -0.365 e. The van der Waals surface area contributed by atoms with Crippen LogP contribution >= 0.6 is 0 Å². The van der Waals surface area contributed by atoms with Crippen LogP contribution in [0.3, 0.4) is 0 Å². The molecule has 10 nitrogen and oxygen atoms in total. The SMILES string of the molecule is CC1=C(CS(=O)(=O)O)C(OS(=O)(=O)O)=NC(O)C1=O. The molecule has 1 aliphatic rings. The average molecular weight is 315 g/mol. The van der Waals surface area contributed by atoms with Gasteiger partial charge < -0.3 is 9.29 Å². The zero-order valence-electron chi connectivity index (χ0n) is 9.34. The highest BCUT2D eigenvalue weighted by atomic mass is 32.3. The van der Waals surface area contributed by atoms with Gasteiger partial charge in [0, 0.05) is 11.1 Å². The van der Waals surface area contributed by atoms with E-state index in [1.54, 1.807) is 0 Å². The topological polar surface area (TPSA) is 168 Å². The number of hydrogen-bond donors (Lipinski definition) is 3. The van der Waals surface area contributed by atoms with E-state index in [0.717, 1.165) is 6.92 Å². The van der Waals surface area contributed by atoms with E-state index >= 15 is 0 Å². The molecule has 0 radical (unpaired) electrons. The molecule has 108 valence electrons. The van der Waals surface area contributed by atoms with E-state index in [2.05, 4.69) is 9.18 Å². The van der Waals surface area contributed by atoms with Gasteiger partial charge in [-0.15, -0.1) is 0 Å². The third-order valence-electron chi connectivity index (χ3n) is 2.07. The van der Waals surface area contributed by atoms with E-state index in [4.69, 9.17) is 9.11 Å². The summed E-state index contributed by atoms with van der Waals surface area (Å²) < 4.78 is 63.8. The molecule has 12 heteroatoms. The summed E-state index contributed by atoms with van der Waals surface area (Å²) >= 11 is 0. The Morgan fingerprint density at radius 2 is 1.79 bits per heavy atom. The van der Waals surface area contributed by atoms with Crippen LogP contribution in [-0.4, -0.2) is 54.7 Å². The monoisotopic (exact) mass is 315 g/mol. The Morgan fingerprint density at radius 3 is 2.21 bits per heavy atom. The number of aliphatic hydroxyl groups is 1. The quantitative estimate of drug-likeness (QED) is 0.514. The van der Waals surface area contributed by atoms with Crippen molar-refractivity contribution in [1.82, 2.24) is 0 Å². The Morgan fingerprint density at radius 1 is 1.26 bits per heavy atom. The molecule has 0 bridgehead atoms. The molecule has 1 atom stereocenters. The first-order valence-corrected chi connectivity index (χ1v) is 7.50. The van der Waals surface area contributed by atoms with Crippen molar-refractivity contribution in [3.8, 4) is 0 Å². The van der Waals surface area contributed by atoms with Crippen LogP contribution in [0.15, 0.2) is 16.1 Å². The zero-order chi connectivity index (χ0) is 15.0. The number of aliphatic hydroxyl groups excluding tert-OH is 1. The second-order valence-electron chi connectivity index (χ2n) is 3.51. The summed E-state index contributed by atoms with van der Waals surface area (Å²) in [7, 11) is -9.66. The van der Waals surface area contributed by atoms with Crippen molar-refractivity contribution < 1.29 is 40.0 Å². The molecule has 0 aliphatic carbocycles. The molecule has 0 aromatic heterocycles. The van der Waals surface area contributed by atoms with Crippen molar-refractivity contribution in [2.24, 2.45) is 4.99 Å². The fourth-order valence-electron chi connectivity index (χ4n) is 1.27. The lowest BCUT2D eigenvalue weighted by molar-refractivity contribution is -0.123. The summed E-state index contributed by atoms with van der Waals surface area (Å²) in [4.78, 5) is 14.5. The summed E-state index contributed by atoms with van der Waals surface area (Å²) in [6.07, 6.45) is -1.98. The molecule has 3 N–H and O–H groups in total. The van der Waals surface area contributed by atoms with Crippen molar-refractivity contribution >= 4 is 32.2 Å². The summed E-state index contributed by atoms with van der Waals surface area (Å²) in [5.74, 6) is -3.13. The zero-order valence-corrected chi connectivity index (χ0v) is 11.0. The number of carbonyl (C=O) groups is 1. The predicted molar refractivity (Wildman–Crippen MR) is 60.2 cm³/mol. The van der Waals surface area contributed by atoms with Gasteiger partial charge >= 0.3 is 10.4 Å². The summed E-state index contributed by atoms with van der Waals surface area (Å²) in [6, 6.07) is 0. The van der Waals surface area contributed by atoms with Gasteiger partial charge in [0.25, 0.3) is 10.1 Å². The summed E-state index contributed by atoms with van der Waals surface area (Å²) in [5, 5.41) is 9.19. The van der Waals surface area contributed by atoms with Gasteiger partial charge in [0.05, 0.1) is 0 Å². The Labute approximate surface area is 108 Å². The van der Waals surface area contributed by atoms with E-state index in [1.165, 1.54) is 0 Å². The number of carbonyl (C=O) groups excluding carboxylic acids is 1. The third-order valence-corrected chi connectivity index (χ3v) is 3.09. The van der Waals surface area contributed by atoms with Crippen LogP contribution < -0.4 is 0 Å². The molecule has 0 saturated carbocycles. The third kappa shape index (κ3) is 4.36. The van der Waals surface area contributed by atoms with Crippen molar-refractivity contribution in [3.05, 3.63) is 11.1 Å². The number of dihydropyridines is 1. The Hall–Kier alpha value is -1.34. The molecule has 1 unspecified atom stereocenters. The number of rotatable bonds is 3. The number of aliphatic imine (C=N–C) groups is 1. The van der Waals surface area contributed by atoms with Gasteiger partial charge in [0.1, 0.15) is 5.75 Å². The molecular weight excluding hydrogens is 306 g/mol. The molecule has 0 aromatic rings. The molecular formula is C7H9NO9S2. The van der Waals surface area contributed by atoms with Gasteiger partial charge in [-0.2, -0.15) is 16.8 Å². The number of Topliss-reactive ketones (excluding diaryl/α,β-unsaturated/α-hetero) is 1. The number of hydrogen-bond acceptors (Lipinski definition) is 8.